The van der Waals surface area contributed by atoms with Gasteiger partial charge in [0, 0.05) is 16.8 Å². The Morgan fingerprint density at radius 2 is 2.04 bits per heavy atom. The minimum absolute atomic E-state index is 0.268. The van der Waals surface area contributed by atoms with Crippen molar-refractivity contribution in [2.75, 3.05) is 10.6 Å². The molecule has 3 aromatic rings. The smallest absolute Gasteiger partial charge is 0.141 e. The fourth-order valence-corrected chi connectivity index (χ4v) is 2.34. The molecule has 2 N–H and O–H groups in total. The van der Waals surface area contributed by atoms with Crippen LogP contribution in [0.15, 0.2) is 61.2 Å². The Morgan fingerprint density at radius 3 is 2.80 bits per heavy atom. The number of nitrogens with zero attached hydrogens (tertiary/aromatic N) is 3. The van der Waals surface area contributed by atoms with Crippen LogP contribution in [0.5, 0.6) is 0 Å². The number of aryl methyl sites for hydroxylation is 1. The summed E-state index contributed by atoms with van der Waals surface area (Å²) in [5.74, 6) is 0.939. The zero-order chi connectivity index (χ0) is 17.8. The Morgan fingerprint density at radius 1 is 1.20 bits per heavy atom. The van der Waals surface area contributed by atoms with Crippen molar-refractivity contribution in [1.29, 1.82) is 0 Å². The van der Waals surface area contributed by atoms with E-state index in [-0.39, 0.29) is 5.82 Å². The van der Waals surface area contributed by atoms with Gasteiger partial charge in [-0.25, -0.2) is 19.3 Å². The molecule has 2 heterocycles. The van der Waals surface area contributed by atoms with Crippen molar-refractivity contribution < 1.29 is 4.39 Å². The number of fused-ring (bicyclic) bond motifs is 1. The van der Waals surface area contributed by atoms with Crippen LogP contribution in [0.2, 0.25) is 0 Å². The van der Waals surface area contributed by atoms with Gasteiger partial charge in [-0.1, -0.05) is 18.7 Å². The molecule has 0 bridgehead atoms. The highest BCUT2D eigenvalue weighted by Gasteiger charge is 2.08. The maximum absolute atomic E-state index is 13.8. The zero-order valence-corrected chi connectivity index (χ0v) is 14.0. The van der Waals surface area contributed by atoms with Gasteiger partial charge in [0.15, 0.2) is 0 Å². The number of benzene rings is 1. The first kappa shape index (κ1) is 16.6. The van der Waals surface area contributed by atoms with Crippen molar-refractivity contribution in [3.05, 3.63) is 72.6 Å². The van der Waals surface area contributed by atoms with Crippen LogP contribution in [0.3, 0.4) is 0 Å². The van der Waals surface area contributed by atoms with Crippen molar-refractivity contribution in [2.24, 2.45) is 0 Å². The van der Waals surface area contributed by atoms with Crippen LogP contribution in [0, 0.1) is 12.7 Å². The normalized spacial score (nSPS) is 11.0. The molecule has 0 saturated heterocycles. The minimum atomic E-state index is -0.268. The molecule has 0 spiro atoms. The summed E-state index contributed by atoms with van der Waals surface area (Å²) in [6.45, 7) is 7.54. The van der Waals surface area contributed by atoms with E-state index in [1.165, 1.54) is 12.4 Å². The van der Waals surface area contributed by atoms with Gasteiger partial charge in [-0.3, -0.25) is 0 Å². The lowest BCUT2D eigenvalue weighted by atomic mass is 10.2. The van der Waals surface area contributed by atoms with Gasteiger partial charge in [0.25, 0.3) is 0 Å². The average Bonchev–Trinajstić information content (AvgIpc) is 2.59. The van der Waals surface area contributed by atoms with Crippen molar-refractivity contribution in [3.63, 3.8) is 0 Å². The lowest BCUT2D eigenvalue weighted by Gasteiger charge is -2.11. The SMILES string of the molecule is C=C(/C=C/C)Nc1cc2c(Nc3ccc(C)c(F)c3)ncnc2cn1. The van der Waals surface area contributed by atoms with E-state index in [0.717, 1.165) is 11.1 Å². The number of halogens is 1. The molecule has 0 atom stereocenters. The maximum Gasteiger partial charge on any atom is 0.141 e. The third kappa shape index (κ3) is 3.80. The van der Waals surface area contributed by atoms with E-state index in [1.807, 2.05) is 25.1 Å². The number of aromatic nitrogens is 3. The first-order chi connectivity index (χ1) is 12.1. The molecule has 0 aliphatic heterocycles. The van der Waals surface area contributed by atoms with Gasteiger partial charge < -0.3 is 10.6 Å². The molecule has 3 rings (SSSR count). The summed E-state index contributed by atoms with van der Waals surface area (Å²) in [5.41, 5.74) is 2.62. The summed E-state index contributed by atoms with van der Waals surface area (Å²) in [7, 11) is 0. The highest BCUT2D eigenvalue weighted by atomic mass is 19.1. The molecule has 6 heteroatoms. The summed E-state index contributed by atoms with van der Waals surface area (Å²) in [6.07, 6.45) is 6.84. The Kier molecular flexibility index (Phi) is 4.70. The van der Waals surface area contributed by atoms with Crippen molar-refractivity contribution in [1.82, 2.24) is 15.0 Å². The zero-order valence-electron chi connectivity index (χ0n) is 14.0. The fraction of sp³-hybridized carbons (Fsp3) is 0.105. The number of hydrogen-bond donors (Lipinski definition) is 2. The van der Waals surface area contributed by atoms with E-state index in [1.54, 1.807) is 25.3 Å². The highest BCUT2D eigenvalue weighted by Crippen LogP contribution is 2.25. The Balaban J connectivity index is 1.96. The average molecular weight is 335 g/mol. The number of pyridine rings is 1. The summed E-state index contributed by atoms with van der Waals surface area (Å²) in [5, 5.41) is 7.02. The number of rotatable bonds is 5. The molecule has 5 nitrogen and oxygen atoms in total. The van der Waals surface area contributed by atoms with Crippen molar-refractivity contribution >= 4 is 28.2 Å². The second kappa shape index (κ2) is 7.09. The molecular weight excluding hydrogens is 317 g/mol. The van der Waals surface area contributed by atoms with Crippen molar-refractivity contribution in [3.8, 4) is 0 Å². The molecule has 126 valence electrons. The lowest BCUT2D eigenvalue weighted by Crippen LogP contribution is -2.00. The van der Waals surface area contributed by atoms with E-state index in [9.17, 15) is 4.39 Å². The molecule has 0 amide bonds. The fourth-order valence-electron chi connectivity index (χ4n) is 2.34. The Labute approximate surface area is 145 Å². The van der Waals surface area contributed by atoms with Crippen LogP contribution in [-0.4, -0.2) is 15.0 Å². The van der Waals surface area contributed by atoms with Gasteiger partial charge in [-0.2, -0.15) is 0 Å². The van der Waals surface area contributed by atoms with Crippen LogP contribution in [0.1, 0.15) is 12.5 Å². The van der Waals surface area contributed by atoms with Crippen LogP contribution in [0.4, 0.5) is 21.7 Å². The summed E-state index contributed by atoms with van der Waals surface area (Å²) < 4.78 is 13.8. The standard InChI is InChI=1S/C19H18FN5/c1-4-5-13(3)24-18-9-15-17(10-21-18)22-11-23-19(15)25-14-7-6-12(2)16(20)8-14/h4-11H,3H2,1-2H3,(H,21,24)(H,22,23,25)/b5-4+. The second-order valence-corrected chi connectivity index (χ2v) is 5.55. The molecule has 0 aliphatic rings. The molecule has 0 aliphatic carbocycles. The molecule has 1 aromatic carbocycles. The highest BCUT2D eigenvalue weighted by molar-refractivity contribution is 5.91. The quantitative estimate of drug-likeness (QED) is 0.661. The van der Waals surface area contributed by atoms with E-state index in [4.69, 9.17) is 0 Å². The molecule has 0 unspecified atom stereocenters. The maximum atomic E-state index is 13.8. The summed E-state index contributed by atoms with van der Waals surface area (Å²) in [6, 6.07) is 6.80. The molecule has 2 aromatic heterocycles. The third-order valence-corrected chi connectivity index (χ3v) is 3.61. The largest absolute Gasteiger partial charge is 0.341 e. The van der Waals surface area contributed by atoms with E-state index >= 15 is 0 Å². The van der Waals surface area contributed by atoms with E-state index in [2.05, 4.69) is 32.2 Å². The molecule has 0 saturated carbocycles. The minimum Gasteiger partial charge on any atom is -0.341 e. The van der Waals surface area contributed by atoms with E-state index in [0.29, 0.717) is 28.4 Å². The molecular formula is C19H18FN5. The summed E-state index contributed by atoms with van der Waals surface area (Å²) in [4.78, 5) is 12.8. The number of allylic oxidation sites excluding steroid dienone is 2. The van der Waals surface area contributed by atoms with Crippen LogP contribution in [-0.2, 0) is 0 Å². The van der Waals surface area contributed by atoms with Gasteiger partial charge in [-0.05, 0) is 43.7 Å². The first-order valence-corrected chi connectivity index (χ1v) is 7.79. The van der Waals surface area contributed by atoms with Gasteiger partial charge in [0.1, 0.15) is 23.8 Å². The topological polar surface area (TPSA) is 62.7 Å². The molecule has 0 fully saturated rings. The Bertz CT molecular complexity index is 965. The number of hydrogen-bond acceptors (Lipinski definition) is 5. The lowest BCUT2D eigenvalue weighted by molar-refractivity contribution is 0.619. The van der Waals surface area contributed by atoms with E-state index < -0.39 is 0 Å². The van der Waals surface area contributed by atoms with Crippen LogP contribution < -0.4 is 10.6 Å². The van der Waals surface area contributed by atoms with Crippen LogP contribution >= 0.6 is 0 Å². The monoisotopic (exact) mass is 335 g/mol. The van der Waals surface area contributed by atoms with Gasteiger partial charge >= 0.3 is 0 Å². The number of nitrogens with one attached hydrogen (secondary N) is 2. The van der Waals surface area contributed by atoms with Gasteiger partial charge in [0.2, 0.25) is 0 Å². The predicted octanol–water partition coefficient (Wildman–Crippen LogP) is 4.72. The first-order valence-electron chi connectivity index (χ1n) is 7.79. The molecule has 25 heavy (non-hydrogen) atoms. The third-order valence-electron chi connectivity index (χ3n) is 3.61. The molecule has 0 radical (unpaired) electrons. The Hall–Kier alpha value is -3.28. The number of anilines is 3. The van der Waals surface area contributed by atoms with Crippen LogP contribution in [0.25, 0.3) is 10.9 Å². The summed E-state index contributed by atoms with van der Waals surface area (Å²) >= 11 is 0. The van der Waals surface area contributed by atoms with Crippen molar-refractivity contribution in [2.45, 2.75) is 13.8 Å². The second-order valence-electron chi connectivity index (χ2n) is 5.55. The van der Waals surface area contributed by atoms with Gasteiger partial charge in [0.05, 0.1) is 11.7 Å². The van der Waals surface area contributed by atoms with Gasteiger partial charge in [-0.15, -0.1) is 0 Å². The predicted molar refractivity (Wildman–Crippen MR) is 99.3 cm³/mol.